The molecule has 0 fully saturated rings. The van der Waals surface area contributed by atoms with Crippen LogP contribution in [0.1, 0.15) is 22.3 Å². The summed E-state index contributed by atoms with van der Waals surface area (Å²) in [6.07, 6.45) is 1.87. The first kappa shape index (κ1) is 18.8. The van der Waals surface area contributed by atoms with E-state index >= 15 is 4.57 Å². The van der Waals surface area contributed by atoms with Gasteiger partial charge in [-0.2, -0.15) is 0 Å². The zero-order valence-corrected chi connectivity index (χ0v) is 18.7. The van der Waals surface area contributed by atoms with Gasteiger partial charge in [0.05, 0.1) is 11.1 Å². The highest BCUT2D eigenvalue weighted by atomic mass is 31.2. The second kappa shape index (κ2) is 6.63. The highest BCUT2D eigenvalue weighted by molar-refractivity contribution is 7.85. The van der Waals surface area contributed by atoms with Gasteiger partial charge >= 0.3 is 0 Å². The Kier molecular flexibility index (Phi) is 3.78. The van der Waals surface area contributed by atoms with Crippen LogP contribution in [0.3, 0.4) is 0 Å². The summed E-state index contributed by atoms with van der Waals surface area (Å²) in [6.45, 7) is 0. The van der Waals surface area contributed by atoms with Crippen LogP contribution in [0.4, 0.5) is 0 Å². The van der Waals surface area contributed by atoms with E-state index < -0.39 is 12.6 Å². The first-order valence-electron chi connectivity index (χ1n) is 11.2. The zero-order chi connectivity index (χ0) is 22.0. The van der Waals surface area contributed by atoms with Crippen molar-refractivity contribution in [3.63, 3.8) is 0 Å². The minimum absolute atomic E-state index is 0.546. The zero-order valence-electron chi connectivity index (χ0n) is 17.8. The molecule has 3 heteroatoms. The van der Waals surface area contributed by atoms with Crippen LogP contribution in [0.15, 0.2) is 121 Å². The number of hydrogen-bond acceptors (Lipinski definition) is 2. The molecule has 7 rings (SSSR count). The van der Waals surface area contributed by atoms with E-state index in [1.165, 1.54) is 5.56 Å². The SMILES string of the molecule is O=P1(c2ccccc2)c2ccccc2C2(c3ccccc3-c3ncccc32)c2ccccc21. The molecule has 4 aromatic carbocycles. The molecule has 0 unspecified atom stereocenters. The molecule has 0 amide bonds. The average Bonchev–Trinajstić information content (AvgIpc) is 3.19. The largest absolute Gasteiger partial charge is 0.309 e. The van der Waals surface area contributed by atoms with E-state index in [0.717, 1.165) is 43.9 Å². The van der Waals surface area contributed by atoms with Crippen molar-refractivity contribution in [2.75, 3.05) is 0 Å². The normalized spacial score (nSPS) is 21.7. The molecule has 2 aliphatic rings. The molecular weight excluding hydrogens is 421 g/mol. The second-order valence-corrected chi connectivity index (χ2v) is 11.4. The van der Waals surface area contributed by atoms with Crippen LogP contribution in [0, 0.1) is 0 Å². The van der Waals surface area contributed by atoms with Crippen molar-refractivity contribution in [3.8, 4) is 11.3 Å². The Bertz CT molecular complexity index is 1510. The van der Waals surface area contributed by atoms with Gasteiger partial charge in [-0.1, -0.05) is 109 Å². The Balaban J connectivity index is 1.71. The van der Waals surface area contributed by atoms with Gasteiger partial charge in [-0.3, -0.25) is 4.98 Å². The first-order valence-corrected chi connectivity index (χ1v) is 12.9. The van der Waals surface area contributed by atoms with Gasteiger partial charge in [0, 0.05) is 27.7 Å². The van der Waals surface area contributed by atoms with E-state index in [1.807, 2.05) is 54.7 Å². The predicted molar refractivity (Wildman–Crippen MR) is 134 cm³/mol. The molecule has 0 N–H and O–H groups in total. The summed E-state index contributed by atoms with van der Waals surface area (Å²) in [5, 5.41) is 2.71. The summed E-state index contributed by atoms with van der Waals surface area (Å²) in [6, 6.07) is 39.3. The highest BCUT2D eigenvalue weighted by Crippen LogP contribution is 2.61. The summed E-state index contributed by atoms with van der Waals surface area (Å²) >= 11 is 0. The van der Waals surface area contributed by atoms with Gasteiger partial charge in [-0.25, -0.2) is 0 Å². The third kappa shape index (κ3) is 2.19. The third-order valence-corrected chi connectivity index (χ3v) is 10.4. The van der Waals surface area contributed by atoms with E-state index in [4.69, 9.17) is 4.98 Å². The summed E-state index contributed by atoms with van der Waals surface area (Å²) < 4.78 is 15.2. The molecule has 1 aromatic heterocycles. The smallest absolute Gasteiger partial charge is 0.171 e. The lowest BCUT2D eigenvalue weighted by atomic mass is 9.67. The van der Waals surface area contributed by atoms with Gasteiger partial charge in [0.25, 0.3) is 0 Å². The van der Waals surface area contributed by atoms with Crippen LogP contribution >= 0.6 is 7.14 Å². The molecule has 0 saturated heterocycles. The number of hydrogen-bond donors (Lipinski definition) is 0. The average molecular weight is 441 g/mol. The number of fused-ring (bicyclic) bond motifs is 9. The number of rotatable bonds is 1. The van der Waals surface area contributed by atoms with Crippen molar-refractivity contribution in [2.24, 2.45) is 0 Å². The van der Waals surface area contributed by atoms with E-state index in [0.29, 0.717) is 0 Å². The molecule has 1 aliphatic heterocycles. The lowest BCUT2D eigenvalue weighted by Crippen LogP contribution is -2.45. The molecule has 0 saturated carbocycles. The lowest BCUT2D eigenvalue weighted by Gasteiger charge is -2.42. The minimum atomic E-state index is -3.07. The maximum absolute atomic E-state index is 15.2. The van der Waals surface area contributed by atoms with Crippen molar-refractivity contribution < 1.29 is 4.57 Å². The maximum atomic E-state index is 15.2. The van der Waals surface area contributed by atoms with Crippen LogP contribution in [0.5, 0.6) is 0 Å². The standard InChI is InChI=1S/C30H20NOP/c32-33(21-11-2-1-3-12-21)27-18-8-6-15-24(27)30(25-16-7-9-19-28(25)33)23-14-5-4-13-22(23)29-26(30)17-10-20-31-29/h1-20H. The van der Waals surface area contributed by atoms with Gasteiger partial charge in [0.15, 0.2) is 7.14 Å². The van der Waals surface area contributed by atoms with E-state index in [9.17, 15) is 0 Å². The van der Waals surface area contributed by atoms with Gasteiger partial charge < -0.3 is 4.57 Å². The Morgan fingerprint density at radius 3 is 1.79 bits per heavy atom. The maximum Gasteiger partial charge on any atom is 0.171 e. The predicted octanol–water partition coefficient (Wildman–Crippen LogP) is 5.40. The Labute approximate surface area is 193 Å². The van der Waals surface area contributed by atoms with E-state index in [-0.39, 0.29) is 0 Å². The lowest BCUT2D eigenvalue weighted by molar-refractivity contribution is 0.590. The Morgan fingerprint density at radius 2 is 1.09 bits per heavy atom. The number of pyridine rings is 1. The fourth-order valence-electron chi connectivity index (χ4n) is 5.99. The molecule has 0 atom stereocenters. The summed E-state index contributed by atoms with van der Waals surface area (Å²) in [4.78, 5) is 4.82. The van der Waals surface area contributed by atoms with Crippen LogP contribution in [0.25, 0.3) is 11.3 Å². The molecule has 33 heavy (non-hydrogen) atoms. The Hall–Kier alpha value is -3.74. The highest BCUT2D eigenvalue weighted by Gasteiger charge is 2.55. The van der Waals surface area contributed by atoms with Crippen LogP contribution in [-0.4, -0.2) is 4.98 Å². The van der Waals surface area contributed by atoms with Crippen LogP contribution in [0.2, 0.25) is 0 Å². The Morgan fingerprint density at radius 1 is 0.545 bits per heavy atom. The van der Waals surface area contributed by atoms with Gasteiger partial charge in [-0.15, -0.1) is 0 Å². The molecule has 2 heterocycles. The molecule has 5 aromatic rings. The fourth-order valence-corrected chi connectivity index (χ4v) is 9.15. The molecule has 0 bridgehead atoms. The van der Waals surface area contributed by atoms with Crippen LogP contribution in [-0.2, 0) is 9.98 Å². The van der Waals surface area contributed by atoms with E-state index in [2.05, 4.69) is 66.7 Å². The summed E-state index contributed by atoms with van der Waals surface area (Å²) in [5.74, 6) is 0. The molecular formula is C30H20NOP. The van der Waals surface area contributed by atoms with Crippen molar-refractivity contribution in [2.45, 2.75) is 5.41 Å². The topological polar surface area (TPSA) is 30.0 Å². The second-order valence-electron chi connectivity index (χ2n) is 8.67. The molecule has 156 valence electrons. The molecule has 1 spiro atoms. The number of aromatic nitrogens is 1. The summed E-state index contributed by atoms with van der Waals surface area (Å²) in [5.41, 5.74) is 6.16. The van der Waals surface area contributed by atoms with Crippen molar-refractivity contribution in [1.82, 2.24) is 4.98 Å². The number of benzene rings is 4. The molecule has 2 nitrogen and oxygen atoms in total. The molecule has 1 aliphatic carbocycles. The minimum Gasteiger partial charge on any atom is -0.309 e. The van der Waals surface area contributed by atoms with Gasteiger partial charge in [0.2, 0.25) is 0 Å². The van der Waals surface area contributed by atoms with Crippen molar-refractivity contribution >= 4 is 23.1 Å². The monoisotopic (exact) mass is 441 g/mol. The summed E-state index contributed by atoms with van der Waals surface area (Å²) in [7, 11) is -3.07. The van der Waals surface area contributed by atoms with Gasteiger partial charge in [-0.05, 0) is 28.3 Å². The third-order valence-electron chi connectivity index (χ3n) is 7.21. The molecule has 0 radical (unpaired) electrons. The van der Waals surface area contributed by atoms with Gasteiger partial charge in [0.1, 0.15) is 0 Å². The van der Waals surface area contributed by atoms with E-state index in [1.54, 1.807) is 0 Å². The fraction of sp³-hybridized carbons (Fsp3) is 0.0333. The van der Waals surface area contributed by atoms with Crippen molar-refractivity contribution in [3.05, 3.63) is 144 Å². The first-order chi connectivity index (χ1) is 16.3. The quantitative estimate of drug-likeness (QED) is 0.320. The van der Waals surface area contributed by atoms with Crippen LogP contribution < -0.4 is 15.9 Å². The number of nitrogens with zero attached hydrogens (tertiary/aromatic N) is 1. The van der Waals surface area contributed by atoms with Crippen molar-refractivity contribution in [1.29, 1.82) is 0 Å².